The van der Waals surface area contributed by atoms with Crippen LogP contribution in [0.15, 0.2) is 77.3 Å². The number of nitrogens with zero attached hydrogens (tertiary/aromatic N) is 2. The first-order valence-electron chi connectivity index (χ1n) is 13.5. The van der Waals surface area contributed by atoms with Gasteiger partial charge < -0.3 is 15.1 Å². The molecular formula is C31H32BrF2N3O. The molecule has 1 amide bonds. The van der Waals surface area contributed by atoms with Gasteiger partial charge in [-0.25, -0.2) is 8.78 Å². The van der Waals surface area contributed by atoms with Crippen LogP contribution in [0, 0.1) is 11.6 Å². The van der Waals surface area contributed by atoms with Crippen molar-refractivity contribution in [1.82, 2.24) is 10.2 Å². The van der Waals surface area contributed by atoms with Gasteiger partial charge in [-0.1, -0.05) is 40.2 Å². The fourth-order valence-electron chi connectivity index (χ4n) is 7.05. The lowest BCUT2D eigenvalue weighted by molar-refractivity contribution is -0.125. The number of carbonyl (C=O) groups excluding carboxylic acids is 1. The average molecular weight is 581 g/mol. The lowest BCUT2D eigenvalue weighted by atomic mass is 9.64. The molecule has 0 bridgehead atoms. The Morgan fingerprint density at radius 2 is 1.29 bits per heavy atom. The van der Waals surface area contributed by atoms with E-state index in [1.165, 1.54) is 24.3 Å². The predicted molar refractivity (Wildman–Crippen MR) is 149 cm³/mol. The summed E-state index contributed by atoms with van der Waals surface area (Å²) >= 11 is 3.51. The summed E-state index contributed by atoms with van der Waals surface area (Å²) in [7, 11) is 0. The number of benzene rings is 3. The van der Waals surface area contributed by atoms with Gasteiger partial charge in [-0.05, 0) is 98.2 Å². The highest BCUT2D eigenvalue weighted by molar-refractivity contribution is 9.10. The van der Waals surface area contributed by atoms with E-state index in [0.717, 1.165) is 72.9 Å². The second-order valence-corrected chi connectivity index (χ2v) is 11.9. The minimum atomic E-state index is -0.495. The van der Waals surface area contributed by atoms with Crippen molar-refractivity contribution < 1.29 is 13.6 Å². The van der Waals surface area contributed by atoms with Crippen molar-refractivity contribution in [2.45, 2.75) is 55.5 Å². The van der Waals surface area contributed by atoms with Gasteiger partial charge in [0.15, 0.2) is 0 Å². The Hall–Kier alpha value is -2.77. The van der Waals surface area contributed by atoms with E-state index in [-0.39, 0.29) is 23.0 Å². The van der Waals surface area contributed by atoms with Crippen LogP contribution in [0.3, 0.4) is 0 Å². The lowest BCUT2D eigenvalue weighted by Crippen LogP contribution is -2.58. The zero-order chi connectivity index (χ0) is 26.3. The van der Waals surface area contributed by atoms with Gasteiger partial charge >= 0.3 is 0 Å². The number of rotatable bonds is 4. The number of anilines is 1. The van der Waals surface area contributed by atoms with E-state index in [4.69, 9.17) is 0 Å². The molecule has 0 unspecified atom stereocenters. The molecule has 2 heterocycles. The molecule has 0 radical (unpaired) electrons. The van der Waals surface area contributed by atoms with Crippen LogP contribution >= 0.6 is 15.9 Å². The van der Waals surface area contributed by atoms with Gasteiger partial charge in [-0.2, -0.15) is 0 Å². The number of likely N-dealkylation sites (tertiary alicyclic amines) is 1. The van der Waals surface area contributed by atoms with Crippen molar-refractivity contribution in [3.05, 3.63) is 100 Å². The Bertz CT molecular complexity index is 1230. The largest absolute Gasteiger partial charge is 0.339 e. The average Bonchev–Trinajstić information content (AvgIpc) is 3.25. The van der Waals surface area contributed by atoms with Crippen LogP contribution in [-0.4, -0.2) is 42.1 Å². The van der Waals surface area contributed by atoms with Crippen LogP contribution in [-0.2, 0) is 10.2 Å². The summed E-state index contributed by atoms with van der Waals surface area (Å²) < 4.78 is 28.5. The Kier molecular flexibility index (Phi) is 6.77. The molecule has 0 aromatic heterocycles. The van der Waals surface area contributed by atoms with Gasteiger partial charge in [0.25, 0.3) is 0 Å². The zero-order valence-corrected chi connectivity index (χ0v) is 22.9. The zero-order valence-electron chi connectivity index (χ0n) is 21.3. The van der Waals surface area contributed by atoms with Crippen LogP contribution in [0.25, 0.3) is 0 Å². The van der Waals surface area contributed by atoms with Crippen molar-refractivity contribution in [2.24, 2.45) is 0 Å². The van der Waals surface area contributed by atoms with Gasteiger partial charge in [0, 0.05) is 34.7 Å². The Balaban J connectivity index is 1.18. The first-order chi connectivity index (χ1) is 18.4. The third kappa shape index (κ3) is 4.43. The molecule has 2 saturated heterocycles. The van der Waals surface area contributed by atoms with E-state index in [2.05, 4.69) is 43.2 Å². The molecule has 3 fully saturated rings. The summed E-state index contributed by atoms with van der Waals surface area (Å²) in [5.74, 6) is -0.352. The molecule has 3 aromatic rings. The SMILES string of the molecule is O=C1NCN(c2ccc(Br)cc2)C12CCN(C1CCC(c3ccc(F)cc3)(c3ccc(F)cc3)CC1)CC2. The summed E-state index contributed by atoms with van der Waals surface area (Å²) in [5, 5.41) is 3.10. The van der Waals surface area contributed by atoms with Crippen molar-refractivity contribution in [2.75, 3.05) is 24.7 Å². The third-order valence-electron chi connectivity index (χ3n) is 9.22. The number of carbonyl (C=O) groups is 1. The second-order valence-electron chi connectivity index (χ2n) is 11.0. The Labute approximate surface area is 231 Å². The Morgan fingerprint density at radius 3 is 1.82 bits per heavy atom. The molecule has 3 aromatic carbocycles. The fraction of sp³-hybridized carbons (Fsp3) is 0.387. The molecule has 3 aliphatic rings. The molecule has 0 atom stereocenters. The molecule has 38 heavy (non-hydrogen) atoms. The van der Waals surface area contributed by atoms with E-state index in [1.54, 1.807) is 0 Å². The number of piperidine rings is 1. The van der Waals surface area contributed by atoms with Crippen molar-refractivity contribution >= 4 is 27.5 Å². The van der Waals surface area contributed by atoms with Crippen LogP contribution < -0.4 is 10.2 Å². The van der Waals surface area contributed by atoms with Crippen LogP contribution in [0.4, 0.5) is 14.5 Å². The standard InChI is InChI=1S/C31H32BrF2N3O/c32-24-5-11-28(12-6-24)37-21-35-29(38)31(37)17-19-36(20-18-31)27-13-15-30(16-14-27,22-1-7-25(33)8-2-22)23-3-9-26(34)10-4-23/h1-12,27H,13-21H2,(H,35,38). The number of hydrogen-bond acceptors (Lipinski definition) is 3. The van der Waals surface area contributed by atoms with Crippen LogP contribution in [0.1, 0.15) is 49.7 Å². The van der Waals surface area contributed by atoms with Crippen LogP contribution in [0.5, 0.6) is 0 Å². The number of nitrogens with one attached hydrogen (secondary N) is 1. The summed E-state index contributed by atoms with van der Waals surface area (Å²) in [6.45, 7) is 2.30. The highest BCUT2D eigenvalue weighted by Crippen LogP contribution is 2.47. The summed E-state index contributed by atoms with van der Waals surface area (Å²) in [6, 6.07) is 22.3. The maximum Gasteiger partial charge on any atom is 0.247 e. The minimum absolute atomic E-state index is 0.135. The quantitative estimate of drug-likeness (QED) is 0.389. The van der Waals surface area contributed by atoms with Gasteiger partial charge in [-0.15, -0.1) is 0 Å². The molecule has 1 N–H and O–H groups in total. The van der Waals surface area contributed by atoms with E-state index in [0.29, 0.717) is 12.7 Å². The molecule has 1 spiro atoms. The maximum atomic E-state index is 13.8. The number of amides is 1. The molecule has 2 aliphatic heterocycles. The van der Waals surface area contributed by atoms with Gasteiger partial charge in [0.05, 0.1) is 6.67 Å². The van der Waals surface area contributed by atoms with Gasteiger partial charge in [-0.3, -0.25) is 4.79 Å². The Morgan fingerprint density at radius 1 is 0.763 bits per heavy atom. The van der Waals surface area contributed by atoms with Gasteiger partial charge in [0.2, 0.25) is 5.91 Å². The van der Waals surface area contributed by atoms with Crippen molar-refractivity contribution in [3.8, 4) is 0 Å². The van der Waals surface area contributed by atoms with Crippen molar-refractivity contribution in [1.29, 1.82) is 0 Å². The number of hydrogen-bond donors (Lipinski definition) is 1. The monoisotopic (exact) mass is 579 g/mol. The fourth-order valence-corrected chi connectivity index (χ4v) is 7.31. The predicted octanol–water partition coefficient (Wildman–Crippen LogP) is 6.38. The highest BCUT2D eigenvalue weighted by atomic mass is 79.9. The van der Waals surface area contributed by atoms with E-state index >= 15 is 0 Å². The summed E-state index contributed by atoms with van der Waals surface area (Å²) in [6.07, 6.45) is 5.44. The number of halogens is 3. The first-order valence-corrected chi connectivity index (χ1v) is 14.3. The summed E-state index contributed by atoms with van der Waals surface area (Å²) in [4.78, 5) is 17.9. The molecule has 1 saturated carbocycles. The smallest absolute Gasteiger partial charge is 0.247 e. The lowest BCUT2D eigenvalue weighted by Gasteiger charge is -2.49. The second kappa shape index (κ2) is 10.1. The first kappa shape index (κ1) is 25.5. The van der Waals surface area contributed by atoms with E-state index < -0.39 is 5.54 Å². The van der Waals surface area contributed by atoms with E-state index in [1.807, 2.05) is 36.4 Å². The highest BCUT2D eigenvalue weighted by Gasteiger charge is 2.51. The molecule has 6 rings (SSSR count). The minimum Gasteiger partial charge on any atom is -0.339 e. The molecule has 198 valence electrons. The third-order valence-corrected chi connectivity index (χ3v) is 9.75. The van der Waals surface area contributed by atoms with Crippen LogP contribution in [0.2, 0.25) is 0 Å². The van der Waals surface area contributed by atoms with Gasteiger partial charge in [0.1, 0.15) is 17.2 Å². The topological polar surface area (TPSA) is 35.6 Å². The molecular weight excluding hydrogens is 548 g/mol. The molecule has 7 heteroatoms. The van der Waals surface area contributed by atoms with Crippen molar-refractivity contribution in [3.63, 3.8) is 0 Å². The summed E-state index contributed by atoms with van der Waals surface area (Å²) in [5.41, 5.74) is 2.51. The maximum absolute atomic E-state index is 13.8. The molecule has 1 aliphatic carbocycles. The van der Waals surface area contributed by atoms with E-state index in [9.17, 15) is 13.6 Å². The molecule has 4 nitrogen and oxygen atoms in total. The normalized spacial score (nSPS) is 21.6.